The first kappa shape index (κ1) is 7.56. The molecule has 0 atom stereocenters. The van der Waals surface area contributed by atoms with E-state index in [1.165, 1.54) is 6.20 Å². The number of aryl methyl sites for hydroxylation is 1. The molecular formula is C4H5ClN2O2S. The second-order valence-electron chi connectivity index (χ2n) is 1.80. The van der Waals surface area contributed by atoms with E-state index < -0.39 is 9.05 Å². The molecule has 1 heterocycles. The van der Waals surface area contributed by atoms with Crippen LogP contribution >= 0.6 is 10.7 Å². The van der Waals surface area contributed by atoms with Gasteiger partial charge >= 0.3 is 0 Å². The molecule has 0 saturated carbocycles. The van der Waals surface area contributed by atoms with Gasteiger partial charge in [0.25, 0.3) is 9.05 Å². The minimum Gasteiger partial charge on any atom is -0.281 e. The zero-order chi connectivity index (χ0) is 7.78. The van der Waals surface area contributed by atoms with Crippen molar-refractivity contribution in [1.29, 1.82) is 0 Å². The number of H-pyrrole nitrogens is 1. The van der Waals surface area contributed by atoms with Crippen LogP contribution in [0.1, 0.15) is 5.69 Å². The molecule has 0 spiro atoms. The summed E-state index contributed by atoms with van der Waals surface area (Å²) in [5.41, 5.74) is 0.454. The van der Waals surface area contributed by atoms with Gasteiger partial charge in [0.2, 0.25) is 0 Å². The lowest BCUT2D eigenvalue weighted by atomic mass is 10.5. The van der Waals surface area contributed by atoms with Gasteiger partial charge in [0.15, 0.2) is 0 Å². The number of aromatic amines is 1. The van der Waals surface area contributed by atoms with E-state index in [0.717, 1.165) is 0 Å². The molecule has 1 rings (SSSR count). The summed E-state index contributed by atoms with van der Waals surface area (Å²) in [6.45, 7) is 1.59. The SMILES string of the molecule is Cc1[nH]ncc1S(=O)(=O)Cl. The molecule has 56 valence electrons. The summed E-state index contributed by atoms with van der Waals surface area (Å²) >= 11 is 0. The van der Waals surface area contributed by atoms with Crippen LogP contribution in [0.5, 0.6) is 0 Å². The standard InChI is InChI=1S/C4H5ClN2O2S/c1-3-4(2-6-7-3)10(5,8)9/h2H,1H3,(H,6,7). The number of hydrogen-bond donors (Lipinski definition) is 1. The molecule has 0 aliphatic heterocycles. The monoisotopic (exact) mass is 180 g/mol. The lowest BCUT2D eigenvalue weighted by molar-refractivity contribution is 0.609. The lowest BCUT2D eigenvalue weighted by Crippen LogP contribution is -1.89. The van der Waals surface area contributed by atoms with Gasteiger partial charge in [-0.05, 0) is 6.92 Å². The normalized spacial score (nSPS) is 11.8. The van der Waals surface area contributed by atoms with E-state index in [2.05, 4.69) is 10.2 Å². The fourth-order valence-corrected chi connectivity index (χ4v) is 1.64. The molecule has 0 amide bonds. The van der Waals surface area contributed by atoms with Crippen LogP contribution in [0, 0.1) is 6.92 Å². The van der Waals surface area contributed by atoms with Gasteiger partial charge in [-0.15, -0.1) is 0 Å². The van der Waals surface area contributed by atoms with Crippen molar-refractivity contribution in [2.75, 3.05) is 0 Å². The van der Waals surface area contributed by atoms with Gasteiger partial charge in [0.1, 0.15) is 4.90 Å². The Balaban J connectivity index is 3.32. The van der Waals surface area contributed by atoms with E-state index in [-0.39, 0.29) is 4.90 Å². The lowest BCUT2D eigenvalue weighted by Gasteiger charge is -1.88. The molecule has 1 aromatic heterocycles. The van der Waals surface area contributed by atoms with Crippen molar-refractivity contribution < 1.29 is 8.42 Å². The molecule has 1 N–H and O–H groups in total. The highest BCUT2D eigenvalue weighted by Gasteiger charge is 2.13. The van der Waals surface area contributed by atoms with Crippen molar-refractivity contribution in [1.82, 2.24) is 10.2 Å². The average Bonchev–Trinajstić information content (AvgIpc) is 2.11. The van der Waals surface area contributed by atoms with Crippen molar-refractivity contribution in [3.63, 3.8) is 0 Å². The summed E-state index contributed by atoms with van der Waals surface area (Å²) in [7, 11) is 1.41. The third-order valence-corrected chi connectivity index (χ3v) is 2.48. The van der Waals surface area contributed by atoms with Gasteiger partial charge in [-0.2, -0.15) is 5.10 Å². The molecule has 6 heteroatoms. The Hall–Kier alpha value is -0.550. The third kappa shape index (κ3) is 1.30. The summed E-state index contributed by atoms with van der Waals surface area (Å²) in [5.74, 6) is 0. The Morgan fingerprint density at radius 2 is 2.30 bits per heavy atom. The van der Waals surface area contributed by atoms with Crippen LogP contribution in [0.2, 0.25) is 0 Å². The number of halogens is 1. The zero-order valence-corrected chi connectivity index (χ0v) is 6.70. The van der Waals surface area contributed by atoms with Gasteiger partial charge in [0, 0.05) is 10.7 Å². The molecule has 0 unspecified atom stereocenters. The van der Waals surface area contributed by atoms with Gasteiger partial charge in [-0.25, -0.2) is 8.42 Å². The van der Waals surface area contributed by atoms with E-state index in [1.54, 1.807) is 6.92 Å². The number of nitrogens with zero attached hydrogens (tertiary/aromatic N) is 1. The Labute approximate surface area is 62.6 Å². The minimum atomic E-state index is -3.61. The summed E-state index contributed by atoms with van der Waals surface area (Å²) in [6.07, 6.45) is 1.18. The molecule has 0 bridgehead atoms. The van der Waals surface area contributed by atoms with Gasteiger partial charge in [-0.1, -0.05) is 0 Å². The highest BCUT2D eigenvalue weighted by atomic mass is 35.7. The summed E-state index contributed by atoms with van der Waals surface area (Å²) in [6, 6.07) is 0. The van der Waals surface area contributed by atoms with Crippen molar-refractivity contribution in [2.45, 2.75) is 11.8 Å². The van der Waals surface area contributed by atoms with Crippen LogP contribution in [-0.2, 0) is 9.05 Å². The van der Waals surface area contributed by atoms with Gasteiger partial charge in [0.05, 0.1) is 11.9 Å². The molecule has 0 aliphatic carbocycles. The van der Waals surface area contributed by atoms with Crippen LogP contribution in [0.4, 0.5) is 0 Å². The molecule has 4 nitrogen and oxygen atoms in total. The van der Waals surface area contributed by atoms with Crippen molar-refractivity contribution in [3.8, 4) is 0 Å². The second kappa shape index (κ2) is 2.25. The quantitative estimate of drug-likeness (QED) is 0.646. The third-order valence-electron chi connectivity index (χ3n) is 1.05. The molecule has 0 fully saturated rings. The predicted octanol–water partition coefficient (Wildman–Crippen LogP) is 0.646. The summed E-state index contributed by atoms with van der Waals surface area (Å²) in [5, 5.41) is 5.96. The Morgan fingerprint density at radius 1 is 1.70 bits per heavy atom. The second-order valence-corrected chi connectivity index (χ2v) is 4.33. The summed E-state index contributed by atoms with van der Waals surface area (Å²) in [4.78, 5) is 0.0363. The van der Waals surface area contributed by atoms with Crippen molar-refractivity contribution in [3.05, 3.63) is 11.9 Å². The number of aromatic nitrogens is 2. The number of rotatable bonds is 1. The van der Waals surface area contributed by atoms with Crippen LogP contribution < -0.4 is 0 Å². The zero-order valence-electron chi connectivity index (χ0n) is 5.13. The van der Waals surface area contributed by atoms with Gasteiger partial charge in [-0.3, -0.25) is 5.10 Å². The molecule has 0 radical (unpaired) electrons. The van der Waals surface area contributed by atoms with Crippen LogP contribution in [0.25, 0.3) is 0 Å². The smallest absolute Gasteiger partial charge is 0.264 e. The molecular weight excluding hydrogens is 176 g/mol. The van der Waals surface area contributed by atoms with E-state index in [4.69, 9.17) is 10.7 Å². The van der Waals surface area contributed by atoms with Crippen LogP contribution in [0.3, 0.4) is 0 Å². The van der Waals surface area contributed by atoms with Gasteiger partial charge < -0.3 is 0 Å². The Morgan fingerprint density at radius 3 is 2.50 bits per heavy atom. The molecule has 0 aliphatic rings. The van der Waals surface area contributed by atoms with Crippen molar-refractivity contribution in [2.24, 2.45) is 0 Å². The van der Waals surface area contributed by atoms with Crippen LogP contribution in [-0.4, -0.2) is 18.6 Å². The maximum absolute atomic E-state index is 10.6. The number of hydrogen-bond acceptors (Lipinski definition) is 3. The summed E-state index contributed by atoms with van der Waals surface area (Å²) < 4.78 is 21.2. The average molecular weight is 181 g/mol. The van der Waals surface area contributed by atoms with E-state index in [0.29, 0.717) is 5.69 Å². The highest BCUT2D eigenvalue weighted by molar-refractivity contribution is 8.13. The predicted molar refractivity (Wildman–Crippen MR) is 36.4 cm³/mol. The maximum atomic E-state index is 10.6. The first-order valence-corrected chi connectivity index (χ1v) is 4.77. The maximum Gasteiger partial charge on any atom is 0.264 e. The fraction of sp³-hybridized carbons (Fsp3) is 0.250. The largest absolute Gasteiger partial charge is 0.281 e. The molecule has 10 heavy (non-hydrogen) atoms. The Bertz CT molecular complexity index is 329. The minimum absolute atomic E-state index is 0.0363. The van der Waals surface area contributed by atoms with E-state index >= 15 is 0 Å². The fourth-order valence-electron chi connectivity index (χ4n) is 0.585. The topological polar surface area (TPSA) is 62.8 Å². The van der Waals surface area contributed by atoms with E-state index in [1.807, 2.05) is 0 Å². The van der Waals surface area contributed by atoms with Crippen LogP contribution in [0.15, 0.2) is 11.1 Å². The highest BCUT2D eigenvalue weighted by Crippen LogP contribution is 2.15. The van der Waals surface area contributed by atoms with Crippen molar-refractivity contribution >= 4 is 19.7 Å². The van der Waals surface area contributed by atoms with E-state index in [9.17, 15) is 8.42 Å². The first-order valence-electron chi connectivity index (χ1n) is 2.46. The molecule has 0 aromatic carbocycles. The Kier molecular flexibility index (Phi) is 1.70. The first-order chi connectivity index (χ1) is 4.52. The molecule has 1 aromatic rings. The number of nitrogens with one attached hydrogen (secondary N) is 1. The molecule has 0 saturated heterocycles.